The highest BCUT2D eigenvalue weighted by atomic mass is 16.3. The van der Waals surface area contributed by atoms with Crippen LogP contribution in [0.2, 0.25) is 0 Å². The van der Waals surface area contributed by atoms with Gasteiger partial charge in [-0.3, -0.25) is 4.79 Å². The minimum atomic E-state index is -0.891. The van der Waals surface area contributed by atoms with Gasteiger partial charge in [0.15, 0.2) is 0 Å². The third-order valence-corrected chi connectivity index (χ3v) is 4.52. The van der Waals surface area contributed by atoms with Gasteiger partial charge in [0.2, 0.25) is 0 Å². The van der Waals surface area contributed by atoms with E-state index in [4.69, 9.17) is 0 Å². The molecule has 5 heteroatoms. The van der Waals surface area contributed by atoms with Crippen LogP contribution in [0.1, 0.15) is 42.6 Å². The number of nitrogens with zero attached hydrogens (tertiary/aromatic N) is 3. The monoisotopic (exact) mass is 313 g/mol. The van der Waals surface area contributed by atoms with Crippen molar-refractivity contribution in [2.24, 2.45) is 0 Å². The molecule has 1 N–H and O–H groups in total. The van der Waals surface area contributed by atoms with E-state index in [2.05, 4.69) is 5.10 Å². The molecule has 0 bridgehead atoms. The van der Waals surface area contributed by atoms with Crippen molar-refractivity contribution in [3.63, 3.8) is 0 Å². The molecule has 2 aromatic rings. The number of amides is 1. The molecule has 5 nitrogen and oxygen atoms in total. The van der Waals surface area contributed by atoms with Crippen LogP contribution in [0.3, 0.4) is 0 Å². The van der Waals surface area contributed by atoms with Crippen molar-refractivity contribution < 1.29 is 9.90 Å². The summed E-state index contributed by atoms with van der Waals surface area (Å²) in [6, 6.07) is 7.79. The Morgan fingerprint density at radius 2 is 2.09 bits per heavy atom. The molecule has 1 amide bonds. The Hall–Kier alpha value is -2.14. The quantitative estimate of drug-likeness (QED) is 0.947. The van der Waals surface area contributed by atoms with Gasteiger partial charge < -0.3 is 10.0 Å². The second-order valence-electron chi connectivity index (χ2n) is 6.77. The molecule has 1 saturated heterocycles. The van der Waals surface area contributed by atoms with Crippen molar-refractivity contribution in [3.05, 3.63) is 47.8 Å². The lowest BCUT2D eigenvalue weighted by Crippen LogP contribution is -2.48. The Labute approximate surface area is 136 Å². The normalized spacial score (nSPS) is 18.4. The van der Waals surface area contributed by atoms with Gasteiger partial charge in [0.25, 0.3) is 5.91 Å². The standard InChI is InChI=1S/C18H23N3O2/c1-13-7-4-5-8-15(13)21-12-14(11-19-21)17(22)20-10-6-9-16(20)18(2,3)23/h4-5,7-8,11-12,16,23H,6,9-10H2,1-3H3. The number of hydrogen-bond acceptors (Lipinski definition) is 3. The molecule has 1 atom stereocenters. The zero-order valence-corrected chi connectivity index (χ0v) is 13.9. The van der Waals surface area contributed by atoms with Crippen molar-refractivity contribution in [2.75, 3.05) is 6.54 Å². The molecule has 0 aliphatic carbocycles. The van der Waals surface area contributed by atoms with Crippen molar-refractivity contribution in [1.82, 2.24) is 14.7 Å². The third kappa shape index (κ3) is 3.01. The van der Waals surface area contributed by atoms with Crippen LogP contribution in [0.5, 0.6) is 0 Å². The molecule has 2 heterocycles. The molecule has 1 aliphatic rings. The summed E-state index contributed by atoms with van der Waals surface area (Å²) in [5.74, 6) is -0.0607. The number of carbonyl (C=O) groups excluding carboxylic acids is 1. The minimum absolute atomic E-state index is 0.0607. The van der Waals surface area contributed by atoms with E-state index in [9.17, 15) is 9.90 Å². The maximum atomic E-state index is 12.8. The maximum Gasteiger partial charge on any atom is 0.257 e. The molecule has 0 saturated carbocycles. The van der Waals surface area contributed by atoms with Crippen LogP contribution >= 0.6 is 0 Å². The topological polar surface area (TPSA) is 58.4 Å². The first-order valence-electron chi connectivity index (χ1n) is 8.02. The molecule has 1 aromatic heterocycles. The van der Waals surface area contributed by atoms with E-state index in [1.807, 2.05) is 31.2 Å². The van der Waals surface area contributed by atoms with Crippen LogP contribution in [0.15, 0.2) is 36.7 Å². The number of rotatable bonds is 3. The van der Waals surface area contributed by atoms with Crippen LogP contribution in [0.25, 0.3) is 5.69 Å². The molecular formula is C18H23N3O2. The maximum absolute atomic E-state index is 12.8. The summed E-state index contributed by atoms with van der Waals surface area (Å²) in [6.45, 7) is 6.23. The first-order chi connectivity index (χ1) is 10.9. The van der Waals surface area contributed by atoms with Crippen molar-refractivity contribution >= 4 is 5.91 Å². The first-order valence-corrected chi connectivity index (χ1v) is 8.02. The molecule has 1 unspecified atom stereocenters. The summed E-state index contributed by atoms with van der Waals surface area (Å²) in [4.78, 5) is 14.6. The minimum Gasteiger partial charge on any atom is -0.388 e. The fourth-order valence-electron chi connectivity index (χ4n) is 3.30. The fourth-order valence-corrected chi connectivity index (χ4v) is 3.30. The second-order valence-corrected chi connectivity index (χ2v) is 6.77. The average Bonchev–Trinajstić information content (AvgIpc) is 3.16. The molecule has 0 spiro atoms. The second kappa shape index (κ2) is 5.81. The van der Waals surface area contributed by atoms with Gasteiger partial charge in [-0.15, -0.1) is 0 Å². The Bertz CT molecular complexity index is 715. The van der Waals surface area contributed by atoms with Gasteiger partial charge in [-0.2, -0.15) is 5.10 Å². The Kier molecular flexibility index (Phi) is 3.98. The number of para-hydroxylation sites is 1. The van der Waals surface area contributed by atoms with Gasteiger partial charge in [-0.25, -0.2) is 4.68 Å². The largest absolute Gasteiger partial charge is 0.388 e. The van der Waals surface area contributed by atoms with E-state index in [1.54, 1.807) is 35.8 Å². The number of aromatic nitrogens is 2. The highest BCUT2D eigenvalue weighted by Gasteiger charge is 2.39. The number of aryl methyl sites for hydroxylation is 1. The number of hydrogen-bond donors (Lipinski definition) is 1. The van der Waals surface area contributed by atoms with Gasteiger partial charge in [0.1, 0.15) is 0 Å². The smallest absolute Gasteiger partial charge is 0.257 e. The Balaban J connectivity index is 1.86. The highest BCUT2D eigenvalue weighted by Crippen LogP contribution is 2.28. The lowest BCUT2D eigenvalue weighted by Gasteiger charge is -2.33. The predicted octanol–water partition coefficient (Wildman–Crippen LogP) is 2.56. The Morgan fingerprint density at radius 3 is 2.78 bits per heavy atom. The lowest BCUT2D eigenvalue weighted by molar-refractivity contribution is 0.000334. The highest BCUT2D eigenvalue weighted by molar-refractivity contribution is 5.94. The zero-order chi connectivity index (χ0) is 16.6. The van der Waals surface area contributed by atoms with Gasteiger partial charge >= 0.3 is 0 Å². The molecule has 1 fully saturated rings. The van der Waals surface area contributed by atoms with Gasteiger partial charge in [0, 0.05) is 12.7 Å². The molecule has 0 radical (unpaired) electrons. The zero-order valence-electron chi connectivity index (χ0n) is 13.9. The van der Waals surface area contributed by atoms with Crippen LogP contribution < -0.4 is 0 Å². The van der Waals surface area contributed by atoms with E-state index in [0.717, 1.165) is 24.1 Å². The number of likely N-dealkylation sites (tertiary alicyclic amines) is 1. The van der Waals surface area contributed by atoms with Crippen LogP contribution in [-0.4, -0.2) is 43.9 Å². The van der Waals surface area contributed by atoms with E-state index in [-0.39, 0.29) is 11.9 Å². The SMILES string of the molecule is Cc1ccccc1-n1cc(C(=O)N2CCCC2C(C)(C)O)cn1. The molecule has 23 heavy (non-hydrogen) atoms. The van der Waals surface area contributed by atoms with Gasteiger partial charge in [-0.1, -0.05) is 18.2 Å². The van der Waals surface area contributed by atoms with Crippen molar-refractivity contribution in [3.8, 4) is 5.69 Å². The van der Waals surface area contributed by atoms with E-state index in [1.165, 1.54) is 0 Å². The molecule has 122 valence electrons. The first kappa shape index (κ1) is 15.7. The van der Waals surface area contributed by atoms with Crippen molar-refractivity contribution in [2.45, 2.75) is 45.3 Å². The van der Waals surface area contributed by atoms with Crippen LogP contribution in [0, 0.1) is 6.92 Å². The fraction of sp³-hybridized carbons (Fsp3) is 0.444. The molecule has 3 rings (SSSR count). The van der Waals surface area contributed by atoms with Gasteiger partial charge in [-0.05, 0) is 45.2 Å². The van der Waals surface area contributed by atoms with Gasteiger partial charge in [0.05, 0.1) is 29.1 Å². The molecule has 1 aliphatic heterocycles. The summed E-state index contributed by atoms with van der Waals surface area (Å²) < 4.78 is 1.73. The number of aliphatic hydroxyl groups is 1. The summed E-state index contributed by atoms with van der Waals surface area (Å²) in [5, 5.41) is 14.6. The van der Waals surface area contributed by atoms with Crippen molar-refractivity contribution in [1.29, 1.82) is 0 Å². The lowest BCUT2D eigenvalue weighted by atomic mass is 9.96. The molecule has 1 aromatic carbocycles. The van der Waals surface area contributed by atoms with E-state index < -0.39 is 5.60 Å². The number of carbonyl (C=O) groups is 1. The average molecular weight is 313 g/mol. The summed E-state index contributed by atoms with van der Waals surface area (Å²) >= 11 is 0. The summed E-state index contributed by atoms with van der Waals surface area (Å²) in [5.41, 5.74) is 1.74. The van der Waals surface area contributed by atoms with E-state index in [0.29, 0.717) is 12.1 Å². The predicted molar refractivity (Wildman–Crippen MR) is 88.7 cm³/mol. The Morgan fingerprint density at radius 1 is 1.35 bits per heavy atom. The summed E-state index contributed by atoms with van der Waals surface area (Å²) in [6.07, 6.45) is 5.13. The van der Waals surface area contributed by atoms with E-state index >= 15 is 0 Å². The van der Waals surface area contributed by atoms with Crippen LogP contribution in [0.4, 0.5) is 0 Å². The van der Waals surface area contributed by atoms with Crippen LogP contribution in [-0.2, 0) is 0 Å². The molecular weight excluding hydrogens is 290 g/mol. The number of benzene rings is 1. The third-order valence-electron chi connectivity index (χ3n) is 4.52. The summed E-state index contributed by atoms with van der Waals surface area (Å²) in [7, 11) is 0.